The van der Waals surface area contributed by atoms with Crippen molar-refractivity contribution in [2.24, 2.45) is 4.99 Å². The van der Waals surface area contributed by atoms with Crippen LogP contribution in [0, 0.1) is 0 Å². The number of hydrogen-bond acceptors (Lipinski definition) is 7. The molecule has 1 aliphatic heterocycles. The van der Waals surface area contributed by atoms with Crippen molar-refractivity contribution >= 4 is 17.6 Å². The summed E-state index contributed by atoms with van der Waals surface area (Å²) < 4.78 is 2.03. The van der Waals surface area contributed by atoms with Gasteiger partial charge in [0.05, 0.1) is 12.8 Å². The van der Waals surface area contributed by atoms with E-state index in [0.717, 1.165) is 35.4 Å². The highest BCUT2D eigenvalue weighted by Crippen LogP contribution is 2.26. The Morgan fingerprint density at radius 2 is 2.05 bits per heavy atom. The first kappa shape index (κ1) is 11.4. The molecule has 0 aliphatic carbocycles. The summed E-state index contributed by atoms with van der Waals surface area (Å²) >= 11 is 1.50. The average Bonchev–Trinajstić information content (AvgIpc) is 3.14. The van der Waals surface area contributed by atoms with Crippen molar-refractivity contribution in [2.45, 2.75) is 6.54 Å². The maximum Gasteiger partial charge on any atom is 0.188 e. The fourth-order valence-electron chi connectivity index (χ4n) is 2.01. The van der Waals surface area contributed by atoms with Gasteiger partial charge >= 0.3 is 0 Å². The largest absolute Gasteiger partial charge is 0.303 e. The minimum absolute atomic E-state index is 0.628. The zero-order valence-electron chi connectivity index (χ0n) is 10.3. The average molecular weight is 283 g/mol. The Labute approximate surface area is 118 Å². The minimum Gasteiger partial charge on any atom is -0.303 e. The molecule has 4 heterocycles. The highest BCUT2D eigenvalue weighted by molar-refractivity contribution is 7.13. The van der Waals surface area contributed by atoms with E-state index in [1.807, 2.05) is 9.95 Å². The van der Waals surface area contributed by atoms with Gasteiger partial charge in [-0.3, -0.25) is 4.99 Å². The van der Waals surface area contributed by atoms with Crippen molar-refractivity contribution in [3.63, 3.8) is 0 Å². The molecule has 0 saturated carbocycles. The monoisotopic (exact) mass is 283 g/mol. The van der Waals surface area contributed by atoms with Crippen LogP contribution in [-0.4, -0.2) is 42.5 Å². The Morgan fingerprint density at radius 3 is 2.95 bits per heavy atom. The zero-order valence-corrected chi connectivity index (χ0v) is 11.2. The lowest BCUT2D eigenvalue weighted by Crippen LogP contribution is -2.12. The van der Waals surface area contributed by atoms with Crippen molar-refractivity contribution < 1.29 is 0 Å². The van der Waals surface area contributed by atoms with Gasteiger partial charge < -0.3 is 4.57 Å². The molecule has 0 bridgehead atoms. The van der Waals surface area contributed by atoms with Crippen LogP contribution in [0.25, 0.3) is 22.4 Å². The molecule has 0 N–H and O–H groups in total. The SMILES string of the molecule is C1=NCCn2c1nnc2-c1csc(-c2ncccn2)n1. The Kier molecular flexibility index (Phi) is 2.59. The molecule has 0 aromatic carbocycles. The lowest BCUT2D eigenvalue weighted by molar-refractivity contribution is 0.691. The third-order valence-corrected chi connectivity index (χ3v) is 3.77. The van der Waals surface area contributed by atoms with Gasteiger partial charge in [-0.15, -0.1) is 21.5 Å². The van der Waals surface area contributed by atoms with Crippen LogP contribution < -0.4 is 0 Å². The molecular formula is C12H9N7S. The molecule has 0 amide bonds. The smallest absolute Gasteiger partial charge is 0.188 e. The van der Waals surface area contributed by atoms with Crippen molar-refractivity contribution in [3.8, 4) is 22.4 Å². The van der Waals surface area contributed by atoms with Gasteiger partial charge in [0, 0.05) is 24.3 Å². The van der Waals surface area contributed by atoms with Crippen molar-refractivity contribution in [2.75, 3.05) is 6.54 Å². The Balaban J connectivity index is 1.76. The van der Waals surface area contributed by atoms with Crippen LogP contribution in [0.4, 0.5) is 0 Å². The molecule has 20 heavy (non-hydrogen) atoms. The number of aromatic nitrogens is 6. The molecule has 0 unspecified atom stereocenters. The first-order valence-electron chi connectivity index (χ1n) is 6.08. The summed E-state index contributed by atoms with van der Waals surface area (Å²) in [6, 6.07) is 1.78. The molecule has 0 saturated heterocycles. The number of aliphatic imine (C=N–C) groups is 1. The van der Waals surface area contributed by atoms with E-state index in [4.69, 9.17) is 0 Å². The third kappa shape index (κ3) is 1.81. The second-order valence-electron chi connectivity index (χ2n) is 4.18. The predicted molar refractivity (Wildman–Crippen MR) is 74.6 cm³/mol. The molecular weight excluding hydrogens is 274 g/mol. The summed E-state index contributed by atoms with van der Waals surface area (Å²) in [5.74, 6) is 2.17. The van der Waals surface area contributed by atoms with E-state index in [2.05, 4.69) is 30.1 Å². The molecule has 98 valence electrons. The summed E-state index contributed by atoms with van der Waals surface area (Å²) in [5.41, 5.74) is 0.798. The Hall–Kier alpha value is -2.48. The van der Waals surface area contributed by atoms with E-state index < -0.39 is 0 Å². The Bertz CT molecular complexity index is 774. The molecule has 3 aromatic heterocycles. The van der Waals surface area contributed by atoms with E-state index in [1.165, 1.54) is 11.3 Å². The highest BCUT2D eigenvalue weighted by Gasteiger charge is 2.17. The highest BCUT2D eigenvalue weighted by atomic mass is 32.1. The van der Waals surface area contributed by atoms with Crippen LogP contribution in [-0.2, 0) is 6.54 Å². The summed E-state index contributed by atoms with van der Waals surface area (Å²) in [7, 11) is 0. The molecule has 7 nitrogen and oxygen atoms in total. The zero-order chi connectivity index (χ0) is 13.4. The molecule has 0 radical (unpaired) electrons. The van der Waals surface area contributed by atoms with E-state index in [-0.39, 0.29) is 0 Å². The number of rotatable bonds is 2. The summed E-state index contributed by atoms with van der Waals surface area (Å²) in [6.07, 6.45) is 5.16. The van der Waals surface area contributed by atoms with Crippen LogP contribution >= 0.6 is 11.3 Å². The molecule has 0 spiro atoms. The lowest BCUT2D eigenvalue weighted by atomic mass is 10.4. The maximum atomic E-state index is 4.56. The molecule has 1 aliphatic rings. The quantitative estimate of drug-likeness (QED) is 0.708. The van der Waals surface area contributed by atoms with Crippen molar-refractivity contribution in [3.05, 3.63) is 29.7 Å². The first-order chi connectivity index (χ1) is 9.92. The molecule has 4 rings (SSSR count). The van der Waals surface area contributed by atoms with E-state index in [1.54, 1.807) is 24.7 Å². The molecule has 8 heteroatoms. The van der Waals surface area contributed by atoms with Gasteiger partial charge in [-0.05, 0) is 6.07 Å². The summed E-state index contributed by atoms with van der Waals surface area (Å²) in [6.45, 7) is 1.53. The second-order valence-corrected chi connectivity index (χ2v) is 5.04. The second kappa shape index (κ2) is 4.57. The van der Waals surface area contributed by atoms with Gasteiger partial charge in [-0.25, -0.2) is 15.0 Å². The minimum atomic E-state index is 0.628. The van der Waals surface area contributed by atoms with Crippen molar-refractivity contribution in [1.29, 1.82) is 0 Å². The van der Waals surface area contributed by atoms with Crippen LogP contribution in [0.2, 0.25) is 0 Å². The van der Waals surface area contributed by atoms with E-state index in [0.29, 0.717) is 5.82 Å². The number of fused-ring (bicyclic) bond motifs is 1. The van der Waals surface area contributed by atoms with Gasteiger partial charge in [0.15, 0.2) is 22.5 Å². The van der Waals surface area contributed by atoms with Crippen molar-refractivity contribution in [1.82, 2.24) is 29.7 Å². The van der Waals surface area contributed by atoms with Gasteiger partial charge in [-0.1, -0.05) is 0 Å². The number of hydrogen-bond donors (Lipinski definition) is 0. The van der Waals surface area contributed by atoms with Gasteiger partial charge in [0.25, 0.3) is 0 Å². The fourth-order valence-corrected chi connectivity index (χ4v) is 2.76. The fraction of sp³-hybridized carbons (Fsp3) is 0.167. The van der Waals surface area contributed by atoms with Crippen LogP contribution in [0.1, 0.15) is 5.82 Å². The van der Waals surface area contributed by atoms with Gasteiger partial charge in [0.1, 0.15) is 5.69 Å². The maximum absolute atomic E-state index is 4.56. The van der Waals surface area contributed by atoms with Gasteiger partial charge in [0.2, 0.25) is 0 Å². The topological polar surface area (TPSA) is 81.7 Å². The van der Waals surface area contributed by atoms with Crippen LogP contribution in [0.5, 0.6) is 0 Å². The Morgan fingerprint density at radius 1 is 1.15 bits per heavy atom. The third-order valence-electron chi connectivity index (χ3n) is 2.93. The normalized spacial score (nSPS) is 13.4. The number of thiazole rings is 1. The van der Waals surface area contributed by atoms with Crippen LogP contribution in [0.3, 0.4) is 0 Å². The molecule has 3 aromatic rings. The van der Waals surface area contributed by atoms with Gasteiger partial charge in [-0.2, -0.15) is 0 Å². The number of nitrogens with zero attached hydrogens (tertiary/aromatic N) is 7. The van der Waals surface area contributed by atoms with E-state index in [9.17, 15) is 0 Å². The first-order valence-corrected chi connectivity index (χ1v) is 6.96. The molecule has 0 fully saturated rings. The van der Waals surface area contributed by atoms with Crippen LogP contribution in [0.15, 0.2) is 28.8 Å². The standard InChI is InChI=1S/C12H9N7S/c1-2-14-10(15-3-1)12-16-8(7-20-12)11-18-17-9-6-13-4-5-19(9)11/h1-3,6-7H,4-5H2. The molecule has 0 atom stereocenters. The predicted octanol–water partition coefficient (Wildman–Crippen LogP) is 1.29. The lowest BCUT2D eigenvalue weighted by Gasteiger charge is -2.08. The summed E-state index contributed by atoms with van der Waals surface area (Å²) in [5, 5.41) is 11.0. The van der Waals surface area contributed by atoms with E-state index >= 15 is 0 Å². The summed E-state index contributed by atoms with van der Waals surface area (Å²) in [4.78, 5) is 17.2.